The second-order valence-corrected chi connectivity index (χ2v) is 4.27. The number of benzene rings is 1. The fraction of sp³-hybridized carbons (Fsp3) is 0.429. The fourth-order valence-electron chi connectivity index (χ4n) is 1.45. The van der Waals surface area contributed by atoms with Crippen LogP contribution in [0.5, 0.6) is 0 Å². The van der Waals surface area contributed by atoms with Gasteiger partial charge in [0.05, 0.1) is 6.61 Å². The van der Waals surface area contributed by atoms with Crippen LogP contribution in [0.1, 0.15) is 26.3 Å². The van der Waals surface area contributed by atoms with Crippen LogP contribution >= 0.6 is 0 Å². The Kier molecular flexibility index (Phi) is 5.49. The molecule has 0 aromatic heterocycles. The topological polar surface area (TPSA) is 38.7 Å². The van der Waals surface area contributed by atoms with E-state index >= 15 is 0 Å². The Morgan fingerprint density at radius 2 is 2.00 bits per heavy atom. The third-order valence-corrected chi connectivity index (χ3v) is 2.41. The van der Waals surface area contributed by atoms with Gasteiger partial charge in [0.1, 0.15) is 11.9 Å². The summed E-state index contributed by atoms with van der Waals surface area (Å²) in [6, 6.07) is 5.42. The van der Waals surface area contributed by atoms with Crippen molar-refractivity contribution in [1.82, 2.24) is 0 Å². The van der Waals surface area contributed by atoms with Crippen molar-refractivity contribution in [2.24, 2.45) is 10.9 Å². The molecule has 0 saturated heterocycles. The highest BCUT2D eigenvalue weighted by Gasteiger charge is 2.21. The fourth-order valence-corrected chi connectivity index (χ4v) is 1.45. The van der Waals surface area contributed by atoms with Crippen molar-refractivity contribution in [3.8, 4) is 0 Å². The number of ether oxygens (including phenoxy) is 1. The molecule has 0 heterocycles. The SMILES string of the molecule is CCOC(=O)C(N=Cc1ccc(F)cc1)C(C)C. The summed E-state index contributed by atoms with van der Waals surface area (Å²) in [6.07, 6.45) is 1.57. The lowest BCUT2D eigenvalue weighted by atomic mass is 10.1. The molecule has 0 fully saturated rings. The maximum atomic E-state index is 12.7. The van der Waals surface area contributed by atoms with E-state index in [9.17, 15) is 9.18 Å². The summed E-state index contributed by atoms with van der Waals surface area (Å²) in [5.41, 5.74) is 0.756. The zero-order valence-corrected chi connectivity index (χ0v) is 10.9. The molecule has 0 amide bonds. The van der Waals surface area contributed by atoms with Crippen LogP contribution in [0.25, 0.3) is 0 Å². The number of esters is 1. The number of carbonyl (C=O) groups is 1. The molecule has 1 unspecified atom stereocenters. The number of nitrogens with zero attached hydrogens (tertiary/aromatic N) is 1. The Hall–Kier alpha value is -1.71. The van der Waals surface area contributed by atoms with Gasteiger partial charge in [0.15, 0.2) is 0 Å². The van der Waals surface area contributed by atoms with Crippen LogP contribution in [0.3, 0.4) is 0 Å². The molecule has 98 valence electrons. The molecule has 18 heavy (non-hydrogen) atoms. The average molecular weight is 251 g/mol. The lowest BCUT2D eigenvalue weighted by Gasteiger charge is -2.14. The van der Waals surface area contributed by atoms with Crippen LogP contribution < -0.4 is 0 Å². The van der Waals surface area contributed by atoms with Gasteiger partial charge in [-0.3, -0.25) is 4.99 Å². The van der Waals surface area contributed by atoms with E-state index in [2.05, 4.69) is 4.99 Å². The van der Waals surface area contributed by atoms with Crippen LogP contribution in [0.15, 0.2) is 29.3 Å². The van der Waals surface area contributed by atoms with E-state index in [-0.39, 0.29) is 17.7 Å². The Morgan fingerprint density at radius 3 is 2.50 bits per heavy atom. The minimum Gasteiger partial charge on any atom is -0.464 e. The molecule has 0 saturated carbocycles. The first-order chi connectivity index (χ1) is 8.54. The van der Waals surface area contributed by atoms with E-state index in [4.69, 9.17) is 4.74 Å². The molecule has 1 aromatic carbocycles. The number of hydrogen-bond acceptors (Lipinski definition) is 3. The molecular formula is C14H18FNO2. The summed E-state index contributed by atoms with van der Waals surface area (Å²) in [7, 11) is 0. The third kappa shape index (κ3) is 4.28. The maximum Gasteiger partial charge on any atom is 0.331 e. The standard InChI is InChI=1S/C14H18FNO2/c1-4-18-14(17)13(10(2)3)16-9-11-5-7-12(15)8-6-11/h5-10,13H,4H2,1-3H3. The quantitative estimate of drug-likeness (QED) is 0.596. The van der Waals surface area contributed by atoms with E-state index in [1.165, 1.54) is 12.1 Å². The molecule has 1 rings (SSSR count). The van der Waals surface area contributed by atoms with Gasteiger partial charge in [-0.1, -0.05) is 26.0 Å². The Bertz CT molecular complexity index is 412. The van der Waals surface area contributed by atoms with Crippen LogP contribution in [0.4, 0.5) is 4.39 Å². The number of rotatable bonds is 5. The summed E-state index contributed by atoms with van der Waals surface area (Å²) >= 11 is 0. The minimum absolute atomic E-state index is 0.0562. The van der Waals surface area contributed by atoms with Crippen LogP contribution in [-0.4, -0.2) is 24.8 Å². The molecule has 1 aromatic rings. The summed E-state index contributed by atoms with van der Waals surface area (Å²) in [5.74, 6) is -0.565. The van der Waals surface area contributed by atoms with Gasteiger partial charge in [-0.05, 0) is 30.5 Å². The normalized spacial score (nSPS) is 12.9. The van der Waals surface area contributed by atoms with Crippen molar-refractivity contribution in [3.05, 3.63) is 35.6 Å². The molecule has 0 spiro atoms. The third-order valence-electron chi connectivity index (χ3n) is 2.41. The smallest absolute Gasteiger partial charge is 0.331 e. The Labute approximate surface area is 107 Å². The highest BCUT2D eigenvalue weighted by atomic mass is 19.1. The van der Waals surface area contributed by atoms with Gasteiger partial charge in [-0.25, -0.2) is 9.18 Å². The van der Waals surface area contributed by atoms with Crippen molar-refractivity contribution < 1.29 is 13.9 Å². The van der Waals surface area contributed by atoms with Gasteiger partial charge in [0.25, 0.3) is 0 Å². The van der Waals surface area contributed by atoms with Crippen LogP contribution in [0.2, 0.25) is 0 Å². The number of hydrogen-bond donors (Lipinski definition) is 0. The molecule has 0 radical (unpaired) electrons. The number of carbonyl (C=O) groups excluding carboxylic acids is 1. The molecule has 4 heteroatoms. The first-order valence-electron chi connectivity index (χ1n) is 6.00. The maximum absolute atomic E-state index is 12.7. The van der Waals surface area contributed by atoms with Gasteiger partial charge >= 0.3 is 5.97 Å². The van der Waals surface area contributed by atoms with Crippen molar-refractivity contribution in [3.63, 3.8) is 0 Å². The zero-order valence-electron chi connectivity index (χ0n) is 10.9. The summed E-state index contributed by atoms with van der Waals surface area (Å²) in [6.45, 7) is 5.92. The van der Waals surface area contributed by atoms with Crippen molar-refractivity contribution >= 4 is 12.2 Å². The first kappa shape index (κ1) is 14.4. The van der Waals surface area contributed by atoms with Crippen molar-refractivity contribution in [2.45, 2.75) is 26.8 Å². The van der Waals surface area contributed by atoms with E-state index in [1.807, 2.05) is 13.8 Å². The number of aliphatic imine (C=N–C) groups is 1. The molecule has 1 atom stereocenters. The second kappa shape index (κ2) is 6.89. The Balaban J connectivity index is 2.77. The molecule has 0 bridgehead atoms. The summed E-state index contributed by atoms with van der Waals surface area (Å²) in [4.78, 5) is 15.9. The van der Waals surface area contributed by atoms with Gasteiger partial charge in [0.2, 0.25) is 0 Å². The zero-order chi connectivity index (χ0) is 13.5. The number of halogens is 1. The molecule has 0 N–H and O–H groups in total. The molecule has 0 aliphatic carbocycles. The minimum atomic E-state index is -0.519. The lowest BCUT2D eigenvalue weighted by Crippen LogP contribution is -2.27. The van der Waals surface area contributed by atoms with Crippen LogP contribution in [0, 0.1) is 11.7 Å². The van der Waals surface area contributed by atoms with E-state index < -0.39 is 6.04 Å². The highest BCUT2D eigenvalue weighted by Crippen LogP contribution is 2.09. The van der Waals surface area contributed by atoms with Crippen LogP contribution in [-0.2, 0) is 9.53 Å². The first-order valence-corrected chi connectivity index (χ1v) is 6.00. The molecule has 3 nitrogen and oxygen atoms in total. The van der Waals surface area contributed by atoms with E-state index in [0.717, 1.165) is 5.56 Å². The van der Waals surface area contributed by atoms with Gasteiger partial charge in [-0.15, -0.1) is 0 Å². The molecule has 0 aliphatic heterocycles. The summed E-state index contributed by atoms with van der Waals surface area (Å²) in [5, 5.41) is 0. The molecule has 0 aliphatic rings. The van der Waals surface area contributed by atoms with Crippen molar-refractivity contribution in [2.75, 3.05) is 6.61 Å². The van der Waals surface area contributed by atoms with Crippen molar-refractivity contribution in [1.29, 1.82) is 0 Å². The highest BCUT2D eigenvalue weighted by molar-refractivity contribution is 5.84. The van der Waals surface area contributed by atoms with Gasteiger partial charge < -0.3 is 4.74 Å². The largest absolute Gasteiger partial charge is 0.464 e. The monoisotopic (exact) mass is 251 g/mol. The van der Waals surface area contributed by atoms with E-state index in [1.54, 1.807) is 25.3 Å². The van der Waals surface area contributed by atoms with E-state index in [0.29, 0.717) is 6.61 Å². The summed E-state index contributed by atoms with van der Waals surface area (Å²) < 4.78 is 17.7. The lowest BCUT2D eigenvalue weighted by molar-refractivity contribution is -0.145. The average Bonchev–Trinajstić information content (AvgIpc) is 2.31. The van der Waals surface area contributed by atoms with Gasteiger partial charge in [-0.2, -0.15) is 0 Å². The molecular weight excluding hydrogens is 233 g/mol. The predicted octanol–water partition coefficient (Wildman–Crippen LogP) is 2.83. The second-order valence-electron chi connectivity index (χ2n) is 4.27. The predicted molar refractivity (Wildman–Crippen MR) is 69.3 cm³/mol. The Morgan fingerprint density at radius 1 is 1.39 bits per heavy atom. The van der Waals surface area contributed by atoms with Gasteiger partial charge in [0, 0.05) is 6.21 Å².